The zero-order valence-electron chi connectivity index (χ0n) is 22.0. The van der Waals surface area contributed by atoms with E-state index in [4.69, 9.17) is 14.2 Å². The van der Waals surface area contributed by atoms with Gasteiger partial charge in [0.15, 0.2) is 11.5 Å². The second kappa shape index (κ2) is 14.1. The van der Waals surface area contributed by atoms with Crippen LogP contribution in [0.3, 0.4) is 0 Å². The smallest absolute Gasteiger partial charge is 0.242 e. The fourth-order valence-electron chi connectivity index (χ4n) is 3.70. The number of thiophene rings is 1. The van der Waals surface area contributed by atoms with E-state index >= 15 is 0 Å². The van der Waals surface area contributed by atoms with E-state index in [1.54, 1.807) is 37.6 Å². The highest BCUT2D eigenvalue weighted by Crippen LogP contribution is 2.28. The van der Waals surface area contributed by atoms with Crippen LogP contribution >= 0.6 is 11.3 Å². The van der Waals surface area contributed by atoms with Crippen LogP contribution in [0.4, 0.5) is 0 Å². The molecule has 1 aromatic heterocycles. The number of amides is 2. The van der Waals surface area contributed by atoms with Gasteiger partial charge in [-0.25, -0.2) is 0 Å². The molecule has 2 rings (SSSR count). The summed E-state index contributed by atoms with van der Waals surface area (Å²) in [6.45, 7) is 8.26. The van der Waals surface area contributed by atoms with E-state index in [-0.39, 0.29) is 23.8 Å². The molecule has 0 unspecified atom stereocenters. The van der Waals surface area contributed by atoms with Gasteiger partial charge in [-0.15, -0.1) is 11.3 Å². The average molecular weight is 505 g/mol. The summed E-state index contributed by atoms with van der Waals surface area (Å²) < 4.78 is 15.9. The standard InChI is InChI=1S/C27H40N2O5S/c1-27(2,3)18-25(30)28(13-8-15-32-4)20-26(31)29(19-22-9-7-16-35-22)14-12-21-10-11-23(33-5)24(17-21)34-6/h7,9-11,16-17H,8,12-15,18-20H2,1-6H3. The van der Waals surface area contributed by atoms with Crippen molar-refractivity contribution < 1.29 is 23.8 Å². The van der Waals surface area contributed by atoms with Crippen LogP contribution in [0.15, 0.2) is 35.7 Å². The molecule has 1 aromatic carbocycles. The van der Waals surface area contributed by atoms with E-state index in [2.05, 4.69) is 0 Å². The van der Waals surface area contributed by atoms with Gasteiger partial charge in [-0.2, -0.15) is 0 Å². The van der Waals surface area contributed by atoms with Crippen molar-refractivity contribution in [1.29, 1.82) is 0 Å². The largest absolute Gasteiger partial charge is 0.493 e. The minimum atomic E-state index is -0.149. The third-order valence-corrected chi connectivity index (χ3v) is 6.40. The Kier molecular flexibility index (Phi) is 11.5. The van der Waals surface area contributed by atoms with Gasteiger partial charge in [-0.1, -0.05) is 32.9 Å². The van der Waals surface area contributed by atoms with Gasteiger partial charge >= 0.3 is 0 Å². The van der Waals surface area contributed by atoms with Crippen molar-refractivity contribution in [2.75, 3.05) is 47.6 Å². The lowest BCUT2D eigenvalue weighted by atomic mass is 9.91. The maximum atomic E-state index is 13.5. The van der Waals surface area contributed by atoms with E-state index in [1.165, 1.54) is 0 Å². The lowest BCUT2D eigenvalue weighted by Crippen LogP contribution is -2.44. The summed E-state index contributed by atoms with van der Waals surface area (Å²) in [7, 11) is 4.86. The molecule has 0 N–H and O–H groups in total. The molecule has 0 saturated carbocycles. The van der Waals surface area contributed by atoms with Gasteiger partial charge in [0.2, 0.25) is 11.8 Å². The van der Waals surface area contributed by atoms with Crippen molar-refractivity contribution in [2.24, 2.45) is 5.41 Å². The number of carbonyl (C=O) groups excluding carboxylic acids is 2. The topological polar surface area (TPSA) is 68.3 Å². The summed E-state index contributed by atoms with van der Waals surface area (Å²) >= 11 is 1.62. The number of nitrogens with zero attached hydrogens (tertiary/aromatic N) is 2. The fourth-order valence-corrected chi connectivity index (χ4v) is 4.42. The molecule has 0 atom stereocenters. The molecular formula is C27H40N2O5S. The van der Waals surface area contributed by atoms with Crippen LogP contribution in [-0.4, -0.2) is 69.2 Å². The van der Waals surface area contributed by atoms with Gasteiger partial charge in [-0.05, 0) is 47.4 Å². The third-order valence-electron chi connectivity index (χ3n) is 5.53. The first-order chi connectivity index (χ1) is 16.7. The maximum Gasteiger partial charge on any atom is 0.242 e. The normalized spacial score (nSPS) is 11.3. The first-order valence-corrected chi connectivity index (χ1v) is 12.8. The zero-order valence-corrected chi connectivity index (χ0v) is 22.8. The van der Waals surface area contributed by atoms with Crippen LogP contribution < -0.4 is 9.47 Å². The number of rotatable bonds is 14. The van der Waals surface area contributed by atoms with E-state index in [1.807, 2.05) is 61.4 Å². The molecule has 0 aliphatic heterocycles. The van der Waals surface area contributed by atoms with Gasteiger partial charge in [0.05, 0.1) is 27.3 Å². The van der Waals surface area contributed by atoms with Gasteiger partial charge < -0.3 is 24.0 Å². The van der Waals surface area contributed by atoms with Crippen molar-refractivity contribution in [3.05, 3.63) is 46.2 Å². The number of hydrogen-bond acceptors (Lipinski definition) is 6. The Balaban J connectivity index is 2.16. The van der Waals surface area contributed by atoms with Gasteiger partial charge in [-0.3, -0.25) is 9.59 Å². The highest BCUT2D eigenvalue weighted by Gasteiger charge is 2.25. The molecule has 0 spiro atoms. The molecule has 0 bridgehead atoms. The van der Waals surface area contributed by atoms with Gasteiger partial charge in [0.1, 0.15) is 0 Å². The first kappa shape index (κ1) is 28.7. The molecule has 35 heavy (non-hydrogen) atoms. The lowest BCUT2D eigenvalue weighted by molar-refractivity contribution is -0.142. The zero-order chi connectivity index (χ0) is 25.8. The predicted molar refractivity (Wildman–Crippen MR) is 140 cm³/mol. The SMILES string of the molecule is COCCCN(CC(=O)N(CCc1ccc(OC)c(OC)c1)Cc1cccs1)C(=O)CC(C)(C)C. The number of methoxy groups -OCH3 is 3. The molecule has 7 nitrogen and oxygen atoms in total. The molecule has 0 aliphatic carbocycles. The number of ether oxygens (including phenoxy) is 3. The molecule has 2 amide bonds. The van der Waals surface area contributed by atoms with E-state index in [0.717, 1.165) is 10.4 Å². The quantitative estimate of drug-likeness (QED) is 0.351. The van der Waals surface area contributed by atoms with Gasteiger partial charge in [0, 0.05) is 38.1 Å². The monoisotopic (exact) mass is 504 g/mol. The summed E-state index contributed by atoms with van der Waals surface area (Å²) in [4.78, 5) is 31.2. The third kappa shape index (κ3) is 9.90. The van der Waals surface area contributed by atoms with E-state index in [9.17, 15) is 9.59 Å². The molecule has 0 saturated heterocycles. The summed E-state index contributed by atoms with van der Waals surface area (Å²) in [5.74, 6) is 1.28. The Morgan fingerprint density at radius 1 is 0.943 bits per heavy atom. The Labute approximate surface area is 214 Å². The van der Waals surface area contributed by atoms with Crippen LogP contribution in [0.1, 0.15) is 44.1 Å². The molecular weight excluding hydrogens is 464 g/mol. The van der Waals surface area contributed by atoms with Crippen LogP contribution in [0.25, 0.3) is 0 Å². The van der Waals surface area contributed by atoms with E-state index in [0.29, 0.717) is 57.0 Å². The minimum Gasteiger partial charge on any atom is -0.493 e. The molecule has 1 heterocycles. The second-order valence-electron chi connectivity index (χ2n) is 9.73. The van der Waals surface area contributed by atoms with Crippen molar-refractivity contribution in [1.82, 2.24) is 9.80 Å². The molecule has 194 valence electrons. The minimum absolute atomic E-state index is 0.00193. The van der Waals surface area contributed by atoms with Crippen LogP contribution in [0, 0.1) is 5.41 Å². The van der Waals surface area contributed by atoms with Crippen molar-refractivity contribution >= 4 is 23.2 Å². The van der Waals surface area contributed by atoms with E-state index < -0.39 is 0 Å². The van der Waals surface area contributed by atoms with Gasteiger partial charge in [0.25, 0.3) is 0 Å². The number of benzene rings is 1. The number of hydrogen-bond donors (Lipinski definition) is 0. The predicted octanol–water partition coefficient (Wildman–Crippen LogP) is 4.64. The summed E-state index contributed by atoms with van der Waals surface area (Å²) in [5.41, 5.74) is 0.899. The lowest BCUT2D eigenvalue weighted by Gasteiger charge is -2.29. The Hall–Kier alpha value is -2.58. The number of carbonyl (C=O) groups is 2. The Bertz CT molecular complexity index is 924. The molecule has 2 aromatic rings. The highest BCUT2D eigenvalue weighted by molar-refractivity contribution is 7.09. The van der Waals surface area contributed by atoms with Crippen LogP contribution in [-0.2, 0) is 27.3 Å². The summed E-state index contributed by atoms with van der Waals surface area (Å²) in [6.07, 6.45) is 1.75. The van der Waals surface area contributed by atoms with Crippen LogP contribution in [0.2, 0.25) is 0 Å². The molecule has 0 radical (unpaired) electrons. The first-order valence-electron chi connectivity index (χ1n) is 11.9. The Morgan fingerprint density at radius 3 is 2.29 bits per heavy atom. The Morgan fingerprint density at radius 2 is 1.69 bits per heavy atom. The average Bonchev–Trinajstić information content (AvgIpc) is 3.33. The van der Waals surface area contributed by atoms with Crippen LogP contribution in [0.5, 0.6) is 11.5 Å². The highest BCUT2D eigenvalue weighted by atomic mass is 32.1. The molecule has 0 aliphatic rings. The summed E-state index contributed by atoms with van der Waals surface area (Å²) in [5, 5.41) is 2.01. The fraction of sp³-hybridized carbons (Fsp3) is 0.556. The van der Waals surface area contributed by atoms with Crippen molar-refractivity contribution in [3.63, 3.8) is 0 Å². The molecule has 0 fully saturated rings. The molecule has 8 heteroatoms. The maximum absolute atomic E-state index is 13.5. The van der Waals surface area contributed by atoms with Crippen molar-refractivity contribution in [2.45, 2.75) is 46.6 Å². The summed E-state index contributed by atoms with van der Waals surface area (Å²) in [6, 6.07) is 9.82. The van der Waals surface area contributed by atoms with Crippen molar-refractivity contribution in [3.8, 4) is 11.5 Å². The second-order valence-corrected chi connectivity index (χ2v) is 10.8.